The third-order valence-corrected chi connectivity index (χ3v) is 14.1. The highest BCUT2D eigenvalue weighted by Gasteiger charge is 2.36. The minimum absolute atomic E-state index is 0.0530. The molecule has 1 aliphatic rings. The maximum absolute atomic E-state index is 15.2. The van der Waals surface area contributed by atoms with E-state index in [1.54, 1.807) is 11.3 Å². The lowest BCUT2D eigenvalue weighted by molar-refractivity contribution is 0.592. The predicted octanol–water partition coefficient (Wildman–Crippen LogP) is 10.8. The zero-order valence-corrected chi connectivity index (χ0v) is 27.4. The Morgan fingerprint density at radius 2 is 1.02 bits per heavy atom. The second kappa shape index (κ2) is 10.1. The van der Waals surface area contributed by atoms with E-state index < -0.39 is 7.14 Å². The van der Waals surface area contributed by atoms with Gasteiger partial charge in [0.15, 0.2) is 7.14 Å². The van der Waals surface area contributed by atoms with Gasteiger partial charge < -0.3 is 4.57 Å². The summed E-state index contributed by atoms with van der Waals surface area (Å²) in [6.07, 6.45) is 0. The highest BCUT2D eigenvalue weighted by Crippen LogP contribution is 2.51. The lowest BCUT2D eigenvalue weighted by Gasteiger charge is -2.22. The molecule has 0 aliphatic heterocycles. The van der Waals surface area contributed by atoms with Crippen molar-refractivity contribution >= 4 is 65.3 Å². The molecule has 0 spiro atoms. The lowest BCUT2D eigenvalue weighted by Crippen LogP contribution is -2.24. The summed E-state index contributed by atoms with van der Waals surface area (Å²) in [6.45, 7) is 4.69. The molecule has 0 unspecified atom stereocenters. The van der Waals surface area contributed by atoms with Crippen molar-refractivity contribution in [2.24, 2.45) is 0 Å². The molecule has 0 saturated carbocycles. The summed E-state index contributed by atoms with van der Waals surface area (Å²) in [4.78, 5) is 0. The predicted molar refractivity (Wildman–Crippen MR) is 199 cm³/mol. The Bertz CT molecular complexity index is 2480. The van der Waals surface area contributed by atoms with Crippen molar-refractivity contribution in [2.45, 2.75) is 19.3 Å². The number of hydrogen-bond acceptors (Lipinski definition) is 2. The summed E-state index contributed by atoms with van der Waals surface area (Å²) in [7, 11) is -3.07. The molecule has 1 nitrogen and oxygen atoms in total. The number of hydrogen-bond donors (Lipinski definition) is 0. The van der Waals surface area contributed by atoms with Crippen molar-refractivity contribution in [3.05, 3.63) is 163 Å². The van der Waals surface area contributed by atoms with Crippen molar-refractivity contribution in [3.63, 3.8) is 0 Å². The van der Waals surface area contributed by atoms with Crippen molar-refractivity contribution in [2.75, 3.05) is 0 Å². The summed E-state index contributed by atoms with van der Waals surface area (Å²) < 4.78 is 17.6. The van der Waals surface area contributed by atoms with Crippen LogP contribution in [0.25, 0.3) is 53.2 Å². The van der Waals surface area contributed by atoms with E-state index >= 15 is 4.57 Å². The van der Waals surface area contributed by atoms with Gasteiger partial charge in [-0.2, -0.15) is 0 Å². The van der Waals surface area contributed by atoms with Crippen LogP contribution in [0.5, 0.6) is 0 Å². The van der Waals surface area contributed by atoms with Crippen LogP contribution in [0.4, 0.5) is 0 Å². The van der Waals surface area contributed by atoms with Crippen LogP contribution in [0.3, 0.4) is 0 Å². The summed E-state index contributed by atoms with van der Waals surface area (Å²) >= 11 is 1.80. The van der Waals surface area contributed by atoms with Crippen molar-refractivity contribution in [1.82, 2.24) is 0 Å². The number of thiophene rings is 1. The van der Waals surface area contributed by atoms with Crippen LogP contribution in [0.2, 0.25) is 0 Å². The second-order valence-corrected chi connectivity index (χ2v) is 16.8. The van der Waals surface area contributed by atoms with E-state index in [1.165, 1.54) is 58.9 Å². The van der Waals surface area contributed by atoms with E-state index in [2.05, 4.69) is 105 Å². The van der Waals surface area contributed by atoms with Gasteiger partial charge in [0, 0.05) is 41.5 Å². The number of benzene rings is 7. The Balaban J connectivity index is 1.20. The lowest BCUT2D eigenvalue weighted by atomic mass is 9.81. The Labute approximate surface area is 273 Å². The van der Waals surface area contributed by atoms with E-state index in [-0.39, 0.29) is 5.41 Å². The monoisotopic (exact) mass is 626 g/mol. The molecule has 0 saturated heterocycles. The molecule has 46 heavy (non-hydrogen) atoms. The fraction of sp³-hybridized carbons (Fsp3) is 0.0698. The highest BCUT2D eigenvalue weighted by atomic mass is 32.1. The highest BCUT2D eigenvalue weighted by molar-refractivity contribution is 7.85. The van der Waals surface area contributed by atoms with Crippen molar-refractivity contribution in [1.29, 1.82) is 0 Å². The molecule has 1 heterocycles. The molecule has 8 aromatic rings. The second-order valence-electron chi connectivity index (χ2n) is 12.9. The first-order chi connectivity index (χ1) is 22.4. The quantitative estimate of drug-likeness (QED) is 0.178. The molecule has 9 rings (SSSR count). The molecule has 7 aromatic carbocycles. The first kappa shape index (κ1) is 27.6. The molecule has 0 radical (unpaired) electrons. The van der Waals surface area contributed by atoms with Crippen LogP contribution in [0, 0.1) is 0 Å². The van der Waals surface area contributed by atoms with Gasteiger partial charge in [-0.3, -0.25) is 0 Å². The molecule has 0 bridgehead atoms. The normalized spacial score (nSPS) is 13.7. The molecule has 0 fully saturated rings. The first-order valence-corrected chi connectivity index (χ1v) is 18.3. The molecule has 220 valence electrons. The molecule has 1 aliphatic carbocycles. The zero-order chi connectivity index (χ0) is 31.0. The van der Waals surface area contributed by atoms with Crippen LogP contribution in [0.1, 0.15) is 25.0 Å². The third-order valence-electron chi connectivity index (χ3n) is 9.93. The zero-order valence-electron chi connectivity index (χ0n) is 25.7. The van der Waals surface area contributed by atoms with Gasteiger partial charge in [-0.05, 0) is 92.7 Å². The van der Waals surface area contributed by atoms with Gasteiger partial charge in [0.05, 0.1) is 0 Å². The molecule has 0 atom stereocenters. The molecule has 3 heteroatoms. The SMILES string of the molecule is CC1(C)c2ccc(-c3ccc4sc5ccc(P(=O)(c6ccccc6)c6ccccc6)cc5c4c3)cc2-c2cc3ccccc3cc21. The van der Waals surface area contributed by atoms with E-state index in [0.717, 1.165) is 21.3 Å². The van der Waals surface area contributed by atoms with Crippen LogP contribution < -0.4 is 15.9 Å². The van der Waals surface area contributed by atoms with Crippen molar-refractivity contribution < 1.29 is 4.57 Å². The standard InChI is InChI=1S/C43H31OPS/c1-43(2)39-20-17-30(24-35(39)36-23-28-11-9-10-12-29(28)26-40(36)43)31-18-21-41-37(25-31)38-27-34(19-22-42(38)46-41)45(44,32-13-5-3-6-14-32)33-15-7-4-8-16-33/h3-27H,1-2H3. The van der Waals surface area contributed by atoms with E-state index in [9.17, 15) is 0 Å². The van der Waals surface area contributed by atoms with Crippen molar-refractivity contribution in [3.8, 4) is 22.3 Å². The fourth-order valence-electron chi connectivity index (χ4n) is 7.48. The van der Waals surface area contributed by atoms with Gasteiger partial charge >= 0.3 is 0 Å². The van der Waals surface area contributed by atoms with Crippen LogP contribution in [-0.4, -0.2) is 0 Å². The molecular weight excluding hydrogens is 596 g/mol. The summed E-state index contributed by atoms with van der Waals surface area (Å²) in [6, 6.07) is 53.6. The maximum Gasteiger partial charge on any atom is 0.171 e. The molecular formula is C43H31OPS. The van der Waals surface area contributed by atoms with Gasteiger partial charge in [0.1, 0.15) is 0 Å². The Morgan fingerprint density at radius 3 is 1.72 bits per heavy atom. The van der Waals surface area contributed by atoms with E-state index in [0.29, 0.717) is 0 Å². The largest absolute Gasteiger partial charge is 0.309 e. The van der Waals surface area contributed by atoms with E-state index in [1.807, 2.05) is 60.7 Å². The average Bonchev–Trinajstić information content (AvgIpc) is 3.58. The van der Waals surface area contributed by atoms with Gasteiger partial charge in [0.2, 0.25) is 0 Å². The van der Waals surface area contributed by atoms with Crippen LogP contribution in [-0.2, 0) is 9.98 Å². The van der Waals surface area contributed by atoms with E-state index in [4.69, 9.17) is 0 Å². The first-order valence-electron chi connectivity index (χ1n) is 15.8. The molecule has 0 amide bonds. The molecule has 1 aromatic heterocycles. The van der Waals surface area contributed by atoms with Gasteiger partial charge in [-0.15, -0.1) is 11.3 Å². The van der Waals surface area contributed by atoms with Crippen LogP contribution >= 0.6 is 18.5 Å². The Hall–Kier alpha value is -4.75. The minimum atomic E-state index is -3.07. The van der Waals surface area contributed by atoms with Gasteiger partial charge in [-0.1, -0.05) is 117 Å². The van der Waals surface area contributed by atoms with Gasteiger partial charge in [-0.25, -0.2) is 0 Å². The third kappa shape index (κ3) is 4.04. The topological polar surface area (TPSA) is 17.1 Å². The Kier molecular flexibility index (Phi) is 6.07. The summed E-state index contributed by atoms with van der Waals surface area (Å²) in [5.41, 5.74) is 7.80. The smallest absolute Gasteiger partial charge is 0.171 e. The summed E-state index contributed by atoms with van der Waals surface area (Å²) in [5.74, 6) is 0. The Morgan fingerprint density at radius 1 is 0.478 bits per heavy atom. The van der Waals surface area contributed by atoms with Crippen LogP contribution in [0.15, 0.2) is 152 Å². The van der Waals surface area contributed by atoms with Gasteiger partial charge in [0.25, 0.3) is 0 Å². The molecule has 0 N–H and O–H groups in total. The summed E-state index contributed by atoms with van der Waals surface area (Å²) in [5, 5.41) is 7.52. The average molecular weight is 627 g/mol. The maximum atomic E-state index is 15.2. The minimum Gasteiger partial charge on any atom is -0.309 e. The number of fused-ring (bicyclic) bond motifs is 7. The fourth-order valence-corrected chi connectivity index (χ4v) is 11.2. The number of rotatable bonds is 4.